The van der Waals surface area contributed by atoms with Crippen molar-refractivity contribution in [1.82, 2.24) is 15.5 Å². The highest BCUT2D eigenvalue weighted by molar-refractivity contribution is 6.31. The van der Waals surface area contributed by atoms with E-state index in [9.17, 15) is 8.78 Å². The molecule has 1 saturated carbocycles. The number of nitrogens with zero attached hydrogens (tertiary/aromatic N) is 5. The molecule has 2 fully saturated rings. The zero-order valence-corrected chi connectivity index (χ0v) is 16.0. The van der Waals surface area contributed by atoms with Crippen LogP contribution in [0.15, 0.2) is 30.6 Å². The number of benzene rings is 1. The van der Waals surface area contributed by atoms with Crippen molar-refractivity contribution in [3.05, 3.63) is 41.2 Å². The quantitative estimate of drug-likeness (QED) is 0.834. The maximum absolute atomic E-state index is 13.8. The second kappa shape index (κ2) is 6.70. The average molecular weight is 407 g/mol. The van der Waals surface area contributed by atoms with Gasteiger partial charge in [-0.3, -0.25) is 10.0 Å². The summed E-state index contributed by atoms with van der Waals surface area (Å²) in [4.78, 5) is 10.5. The Kier molecular flexibility index (Phi) is 4.28. The largest absolute Gasteiger partial charge is 0.348 e. The molecule has 1 N–H and O–H groups in total. The van der Waals surface area contributed by atoms with Gasteiger partial charge < -0.3 is 4.90 Å². The van der Waals surface area contributed by atoms with Crippen LogP contribution in [0.3, 0.4) is 0 Å². The van der Waals surface area contributed by atoms with Crippen molar-refractivity contribution in [2.75, 3.05) is 28.0 Å². The van der Waals surface area contributed by atoms with E-state index < -0.39 is 5.92 Å². The van der Waals surface area contributed by atoms with Crippen molar-refractivity contribution < 1.29 is 8.78 Å². The van der Waals surface area contributed by atoms with Gasteiger partial charge in [-0.15, -0.1) is 5.53 Å². The van der Waals surface area contributed by atoms with Gasteiger partial charge >= 0.3 is 0 Å². The highest BCUT2D eigenvalue weighted by Crippen LogP contribution is 2.45. The van der Waals surface area contributed by atoms with Gasteiger partial charge in [-0.25, -0.2) is 18.7 Å². The van der Waals surface area contributed by atoms with Gasteiger partial charge in [0.05, 0.1) is 13.1 Å². The van der Waals surface area contributed by atoms with E-state index in [-0.39, 0.29) is 13.0 Å². The third-order valence-corrected chi connectivity index (χ3v) is 6.07. The smallest absolute Gasteiger partial charge is 0.266 e. The molecule has 5 rings (SSSR count). The summed E-state index contributed by atoms with van der Waals surface area (Å²) < 4.78 is 27.7. The molecule has 1 aliphatic carbocycles. The third-order valence-electron chi connectivity index (χ3n) is 5.70. The maximum Gasteiger partial charge on any atom is 0.266 e. The van der Waals surface area contributed by atoms with E-state index >= 15 is 0 Å². The average Bonchev–Trinajstić information content (AvgIpc) is 3.16. The molecule has 0 spiro atoms. The van der Waals surface area contributed by atoms with Gasteiger partial charge in [0.15, 0.2) is 11.6 Å². The normalized spacial score (nSPS) is 21.2. The number of hydrogen-bond acceptors (Lipinski definition) is 6. The fourth-order valence-electron chi connectivity index (χ4n) is 3.97. The Morgan fingerprint density at radius 1 is 1.18 bits per heavy atom. The summed E-state index contributed by atoms with van der Waals surface area (Å²) in [7, 11) is 0. The molecule has 0 unspecified atom stereocenters. The fraction of sp³-hybridized carbons (Fsp3) is 0.474. The number of nitrogens with one attached hydrogen (secondary N) is 1. The van der Waals surface area contributed by atoms with Crippen LogP contribution in [-0.4, -0.2) is 35.0 Å². The fourth-order valence-corrected chi connectivity index (χ4v) is 4.16. The van der Waals surface area contributed by atoms with Gasteiger partial charge in [0.1, 0.15) is 12.0 Å². The highest BCUT2D eigenvalue weighted by Gasteiger charge is 2.43. The monoisotopic (exact) mass is 406 g/mol. The SMILES string of the molecule is FC1(F)CCN(c2ncnc3c2N(C2CCC2)NN3Cc2ccccc2Cl)C1. The number of hydrazine groups is 2. The molecule has 3 aliphatic rings. The van der Waals surface area contributed by atoms with Crippen molar-refractivity contribution >= 4 is 28.9 Å². The highest BCUT2D eigenvalue weighted by atomic mass is 35.5. The van der Waals surface area contributed by atoms with Crippen LogP contribution >= 0.6 is 11.6 Å². The number of hydrogen-bond donors (Lipinski definition) is 1. The summed E-state index contributed by atoms with van der Waals surface area (Å²) in [6.45, 7) is 0.501. The van der Waals surface area contributed by atoms with Gasteiger partial charge in [0, 0.05) is 24.0 Å². The minimum absolute atomic E-state index is 0.147. The van der Waals surface area contributed by atoms with Gasteiger partial charge in [-0.1, -0.05) is 29.8 Å². The second-order valence-corrected chi connectivity index (χ2v) is 8.04. The molecule has 1 saturated heterocycles. The van der Waals surface area contributed by atoms with E-state index in [1.807, 2.05) is 29.3 Å². The second-order valence-electron chi connectivity index (χ2n) is 7.63. The molecule has 1 aromatic heterocycles. The van der Waals surface area contributed by atoms with Crippen LogP contribution in [0.1, 0.15) is 31.2 Å². The number of rotatable bonds is 4. The van der Waals surface area contributed by atoms with E-state index in [0.29, 0.717) is 35.8 Å². The number of aromatic nitrogens is 2. The topological polar surface area (TPSA) is 47.5 Å². The predicted molar refractivity (Wildman–Crippen MR) is 105 cm³/mol. The van der Waals surface area contributed by atoms with Crippen LogP contribution in [0.5, 0.6) is 0 Å². The number of alkyl halides is 2. The van der Waals surface area contributed by atoms with Crippen LogP contribution < -0.4 is 20.5 Å². The van der Waals surface area contributed by atoms with Crippen molar-refractivity contribution in [3.63, 3.8) is 0 Å². The Morgan fingerprint density at radius 3 is 2.64 bits per heavy atom. The summed E-state index contributed by atoms with van der Waals surface area (Å²) in [5.41, 5.74) is 5.16. The van der Waals surface area contributed by atoms with Crippen LogP contribution in [-0.2, 0) is 6.54 Å². The van der Waals surface area contributed by atoms with Gasteiger partial charge in [-0.2, -0.15) is 0 Å². The maximum atomic E-state index is 13.8. The Labute approximate surface area is 167 Å². The van der Waals surface area contributed by atoms with Gasteiger partial charge in [-0.05, 0) is 30.9 Å². The molecule has 2 aliphatic heterocycles. The lowest BCUT2D eigenvalue weighted by molar-refractivity contribution is 0.0257. The Morgan fingerprint density at radius 2 is 1.96 bits per heavy atom. The molecule has 0 bridgehead atoms. The Hall–Kier alpha value is -2.19. The van der Waals surface area contributed by atoms with Crippen molar-refractivity contribution in [3.8, 4) is 0 Å². The van der Waals surface area contributed by atoms with Crippen molar-refractivity contribution in [2.45, 2.75) is 44.2 Å². The molecule has 0 radical (unpaired) electrons. The van der Waals surface area contributed by atoms with Crippen molar-refractivity contribution in [1.29, 1.82) is 0 Å². The molecular weight excluding hydrogens is 386 g/mol. The first-order valence-corrected chi connectivity index (χ1v) is 9.94. The molecule has 0 amide bonds. The first kappa shape index (κ1) is 17.9. The number of halogens is 3. The van der Waals surface area contributed by atoms with Gasteiger partial charge in [0.2, 0.25) is 0 Å². The molecule has 3 heterocycles. The zero-order chi connectivity index (χ0) is 19.3. The minimum Gasteiger partial charge on any atom is -0.348 e. The number of anilines is 3. The molecule has 9 heteroatoms. The standard InChI is InChI=1S/C19H21ClF2N6/c20-15-7-2-1-4-13(15)10-27-18-16(28(25-27)14-5-3-6-14)17(23-12-24-18)26-9-8-19(21,22)11-26/h1-2,4,7,12,14,25H,3,5-6,8-11H2. The summed E-state index contributed by atoms with van der Waals surface area (Å²) in [5.74, 6) is -1.40. The summed E-state index contributed by atoms with van der Waals surface area (Å²) >= 11 is 6.34. The molecular formula is C19H21ClF2N6. The van der Waals surface area contributed by atoms with Crippen molar-refractivity contribution in [2.24, 2.45) is 0 Å². The summed E-state index contributed by atoms with van der Waals surface area (Å²) in [5, 5.41) is 4.66. The first-order valence-electron chi connectivity index (χ1n) is 9.56. The van der Waals surface area contributed by atoms with E-state index in [4.69, 9.17) is 11.6 Å². The van der Waals surface area contributed by atoms with E-state index in [1.165, 1.54) is 6.33 Å². The Balaban J connectivity index is 1.51. The van der Waals surface area contributed by atoms with Crippen LogP contribution in [0.25, 0.3) is 0 Å². The molecule has 28 heavy (non-hydrogen) atoms. The van der Waals surface area contributed by atoms with E-state index in [1.54, 1.807) is 4.90 Å². The molecule has 2 aromatic rings. The lowest BCUT2D eigenvalue weighted by Crippen LogP contribution is -2.52. The minimum atomic E-state index is -2.68. The summed E-state index contributed by atoms with van der Waals surface area (Å²) in [6, 6.07) is 7.97. The summed E-state index contributed by atoms with van der Waals surface area (Å²) in [6.07, 6.45) is 4.57. The van der Waals surface area contributed by atoms with E-state index in [0.717, 1.165) is 30.5 Å². The Bertz CT molecular complexity index is 890. The molecule has 148 valence electrons. The van der Waals surface area contributed by atoms with Crippen LogP contribution in [0, 0.1) is 0 Å². The third kappa shape index (κ3) is 3.04. The molecule has 6 nitrogen and oxygen atoms in total. The van der Waals surface area contributed by atoms with Crippen LogP contribution in [0.2, 0.25) is 5.02 Å². The molecule has 1 aromatic carbocycles. The first-order chi connectivity index (χ1) is 13.5. The van der Waals surface area contributed by atoms with Gasteiger partial charge in [0.25, 0.3) is 5.92 Å². The lowest BCUT2D eigenvalue weighted by atomic mass is 9.92. The van der Waals surface area contributed by atoms with Crippen LogP contribution in [0.4, 0.5) is 26.1 Å². The van der Waals surface area contributed by atoms with E-state index in [2.05, 4.69) is 20.5 Å². The number of fused-ring (bicyclic) bond motifs is 1. The lowest BCUT2D eigenvalue weighted by Gasteiger charge is -2.37. The molecule has 0 atom stereocenters. The predicted octanol–water partition coefficient (Wildman–Crippen LogP) is 3.77. The zero-order valence-electron chi connectivity index (χ0n) is 15.3.